The Labute approximate surface area is 143 Å². The fourth-order valence-electron chi connectivity index (χ4n) is 1.75. The molecule has 0 amide bonds. The highest BCUT2D eigenvalue weighted by molar-refractivity contribution is 14.1. The van der Waals surface area contributed by atoms with Gasteiger partial charge in [0.1, 0.15) is 5.75 Å². The largest absolute Gasteiger partial charge is 0.479 e. The third-order valence-corrected chi connectivity index (χ3v) is 4.26. The Balaban J connectivity index is 2.05. The van der Waals surface area contributed by atoms with Crippen molar-refractivity contribution in [2.45, 2.75) is 20.0 Å². The Bertz CT molecular complexity index is 696. The molecule has 0 aromatic heterocycles. The van der Waals surface area contributed by atoms with Crippen LogP contribution < -0.4 is 4.74 Å². The zero-order valence-electron chi connectivity index (χ0n) is 12.3. The molecule has 0 heterocycles. The van der Waals surface area contributed by atoms with Gasteiger partial charge in [0.05, 0.1) is 5.69 Å². The van der Waals surface area contributed by atoms with Crippen LogP contribution in [0.3, 0.4) is 0 Å². The number of carboxylic acids is 1. The van der Waals surface area contributed by atoms with Crippen LogP contribution in [0.15, 0.2) is 47.5 Å². The molecule has 2 aromatic rings. The van der Waals surface area contributed by atoms with Crippen molar-refractivity contribution in [1.82, 2.24) is 0 Å². The van der Waals surface area contributed by atoms with Gasteiger partial charge in [0.15, 0.2) is 6.10 Å². The standard InChI is InChI=1S/C17H16INO3/c1-11-9-14(5-8-16(11)18)19-10-13-3-6-15(7-4-13)22-12(2)17(20)21/h3-10,12H,1-2H3,(H,20,21)/t12-/m1/s1. The molecule has 114 valence electrons. The number of carbonyl (C=O) groups is 1. The lowest BCUT2D eigenvalue weighted by molar-refractivity contribution is -0.144. The fourth-order valence-corrected chi connectivity index (χ4v) is 2.08. The quantitative estimate of drug-likeness (QED) is 0.595. The van der Waals surface area contributed by atoms with Crippen LogP contribution >= 0.6 is 22.6 Å². The van der Waals surface area contributed by atoms with Gasteiger partial charge in [-0.2, -0.15) is 0 Å². The van der Waals surface area contributed by atoms with Gasteiger partial charge < -0.3 is 9.84 Å². The maximum absolute atomic E-state index is 10.7. The summed E-state index contributed by atoms with van der Waals surface area (Å²) in [7, 11) is 0. The molecule has 0 radical (unpaired) electrons. The zero-order chi connectivity index (χ0) is 16.1. The Kier molecular flexibility index (Phi) is 5.54. The van der Waals surface area contributed by atoms with Gasteiger partial charge in [0.25, 0.3) is 0 Å². The van der Waals surface area contributed by atoms with E-state index >= 15 is 0 Å². The molecule has 0 saturated carbocycles. The number of halogens is 1. The van der Waals surface area contributed by atoms with Crippen LogP contribution in [-0.2, 0) is 4.79 Å². The summed E-state index contributed by atoms with van der Waals surface area (Å²) in [5.41, 5.74) is 3.02. The molecule has 0 spiro atoms. The molecule has 0 aliphatic carbocycles. The average Bonchev–Trinajstić information content (AvgIpc) is 2.49. The van der Waals surface area contributed by atoms with Crippen LogP contribution in [0, 0.1) is 10.5 Å². The van der Waals surface area contributed by atoms with Crippen molar-refractivity contribution in [3.05, 3.63) is 57.2 Å². The van der Waals surface area contributed by atoms with Gasteiger partial charge in [0, 0.05) is 9.78 Å². The van der Waals surface area contributed by atoms with Gasteiger partial charge >= 0.3 is 5.97 Å². The third-order valence-electron chi connectivity index (χ3n) is 3.04. The lowest BCUT2D eigenvalue weighted by atomic mass is 10.2. The monoisotopic (exact) mass is 409 g/mol. The van der Waals surface area contributed by atoms with Crippen molar-refractivity contribution >= 4 is 40.5 Å². The van der Waals surface area contributed by atoms with Gasteiger partial charge in [-0.15, -0.1) is 0 Å². The molecule has 1 atom stereocenters. The number of benzene rings is 2. The normalized spacial score (nSPS) is 12.3. The summed E-state index contributed by atoms with van der Waals surface area (Å²) in [6.07, 6.45) is 0.903. The second kappa shape index (κ2) is 7.40. The molecule has 4 nitrogen and oxygen atoms in total. The summed E-state index contributed by atoms with van der Waals surface area (Å²) in [6, 6.07) is 13.2. The minimum atomic E-state index is -0.986. The SMILES string of the molecule is Cc1cc(N=Cc2ccc(O[C@H](C)C(=O)O)cc2)ccc1I. The van der Waals surface area contributed by atoms with E-state index in [4.69, 9.17) is 9.84 Å². The molecule has 0 aliphatic heterocycles. The van der Waals surface area contributed by atoms with Crippen molar-refractivity contribution in [3.63, 3.8) is 0 Å². The van der Waals surface area contributed by atoms with E-state index in [9.17, 15) is 4.79 Å². The van der Waals surface area contributed by atoms with E-state index in [1.807, 2.05) is 30.3 Å². The number of hydrogen-bond donors (Lipinski definition) is 1. The van der Waals surface area contributed by atoms with Crippen molar-refractivity contribution in [2.24, 2.45) is 4.99 Å². The van der Waals surface area contributed by atoms with Crippen molar-refractivity contribution in [1.29, 1.82) is 0 Å². The first kappa shape index (κ1) is 16.5. The number of ether oxygens (including phenoxy) is 1. The number of aliphatic carboxylic acids is 1. The summed E-state index contributed by atoms with van der Waals surface area (Å²) in [5, 5.41) is 8.80. The molecular weight excluding hydrogens is 393 g/mol. The third kappa shape index (κ3) is 4.56. The molecule has 5 heteroatoms. The molecule has 22 heavy (non-hydrogen) atoms. The summed E-state index contributed by atoms with van der Waals surface area (Å²) in [4.78, 5) is 15.2. The minimum Gasteiger partial charge on any atom is -0.479 e. The second-order valence-corrected chi connectivity index (χ2v) is 6.02. The minimum absolute atomic E-state index is 0.525. The lowest BCUT2D eigenvalue weighted by Gasteiger charge is -2.09. The van der Waals surface area contributed by atoms with Crippen LogP contribution in [0.2, 0.25) is 0 Å². The van der Waals surface area contributed by atoms with Gasteiger partial charge in [-0.1, -0.05) is 0 Å². The van der Waals surface area contributed by atoms with Crippen molar-refractivity contribution in [2.75, 3.05) is 0 Å². The highest BCUT2D eigenvalue weighted by Gasteiger charge is 2.11. The van der Waals surface area contributed by atoms with E-state index in [0.29, 0.717) is 5.75 Å². The molecule has 2 rings (SSSR count). The second-order valence-electron chi connectivity index (χ2n) is 4.86. The average molecular weight is 409 g/mol. The number of nitrogens with zero attached hydrogens (tertiary/aromatic N) is 1. The van der Waals surface area contributed by atoms with Gasteiger partial charge in [-0.25, -0.2) is 4.79 Å². The Morgan fingerprint density at radius 3 is 2.55 bits per heavy atom. The molecule has 0 fully saturated rings. The first-order chi connectivity index (χ1) is 10.5. The highest BCUT2D eigenvalue weighted by atomic mass is 127. The van der Waals surface area contributed by atoms with E-state index < -0.39 is 12.1 Å². The number of aryl methyl sites for hydroxylation is 1. The predicted octanol–water partition coefficient (Wildman–Crippen LogP) is 4.20. The topological polar surface area (TPSA) is 58.9 Å². The predicted molar refractivity (Wildman–Crippen MR) is 95.3 cm³/mol. The molecule has 0 saturated heterocycles. The molecule has 0 bridgehead atoms. The van der Waals surface area contributed by atoms with Crippen LogP contribution in [-0.4, -0.2) is 23.4 Å². The number of aliphatic imine (C=N–C) groups is 1. The Hall–Kier alpha value is -1.89. The van der Waals surface area contributed by atoms with Crippen LogP contribution in [0.4, 0.5) is 5.69 Å². The smallest absolute Gasteiger partial charge is 0.344 e. The lowest BCUT2D eigenvalue weighted by Crippen LogP contribution is -2.22. The van der Waals surface area contributed by atoms with Crippen molar-refractivity contribution in [3.8, 4) is 5.75 Å². The summed E-state index contributed by atoms with van der Waals surface area (Å²) < 4.78 is 6.49. The molecule has 2 aromatic carbocycles. The molecule has 0 aliphatic rings. The van der Waals surface area contributed by atoms with Crippen LogP contribution in [0.1, 0.15) is 18.1 Å². The molecule has 1 N–H and O–H groups in total. The van der Waals surface area contributed by atoms with Crippen molar-refractivity contribution < 1.29 is 14.6 Å². The van der Waals surface area contributed by atoms with E-state index in [1.165, 1.54) is 16.1 Å². The molecule has 0 unspecified atom stereocenters. The number of carboxylic acid groups (broad SMARTS) is 1. The van der Waals surface area contributed by atoms with Crippen LogP contribution in [0.5, 0.6) is 5.75 Å². The van der Waals surface area contributed by atoms with Gasteiger partial charge in [0.2, 0.25) is 0 Å². The number of hydrogen-bond acceptors (Lipinski definition) is 3. The molecular formula is C17H16INO3. The first-order valence-corrected chi connectivity index (χ1v) is 7.83. The van der Waals surface area contributed by atoms with Gasteiger partial charge in [-0.05, 0) is 90.0 Å². The Morgan fingerprint density at radius 2 is 1.95 bits per heavy atom. The highest BCUT2D eigenvalue weighted by Crippen LogP contribution is 2.19. The maximum Gasteiger partial charge on any atom is 0.344 e. The van der Waals surface area contributed by atoms with E-state index in [0.717, 1.165) is 11.3 Å². The first-order valence-electron chi connectivity index (χ1n) is 6.75. The Morgan fingerprint density at radius 1 is 1.27 bits per heavy atom. The summed E-state index contributed by atoms with van der Waals surface area (Å²) in [6.45, 7) is 3.55. The van der Waals surface area contributed by atoms with Gasteiger partial charge in [-0.3, -0.25) is 4.99 Å². The van der Waals surface area contributed by atoms with Crippen LogP contribution in [0.25, 0.3) is 0 Å². The zero-order valence-corrected chi connectivity index (χ0v) is 14.4. The number of rotatable bonds is 5. The van der Waals surface area contributed by atoms with E-state index in [-0.39, 0.29) is 0 Å². The van der Waals surface area contributed by atoms with E-state index in [1.54, 1.807) is 18.3 Å². The fraction of sp³-hybridized carbons (Fsp3) is 0.176. The van der Waals surface area contributed by atoms with E-state index in [2.05, 4.69) is 34.5 Å². The maximum atomic E-state index is 10.7. The summed E-state index contributed by atoms with van der Waals surface area (Å²) in [5.74, 6) is -0.461. The summed E-state index contributed by atoms with van der Waals surface area (Å²) >= 11 is 2.29.